The van der Waals surface area contributed by atoms with E-state index in [-0.39, 0.29) is 6.04 Å². The van der Waals surface area contributed by atoms with Crippen LogP contribution in [-0.4, -0.2) is 9.97 Å². The summed E-state index contributed by atoms with van der Waals surface area (Å²) < 4.78 is 0. The molecule has 0 aliphatic rings. The van der Waals surface area contributed by atoms with Gasteiger partial charge in [0.25, 0.3) is 0 Å². The van der Waals surface area contributed by atoms with Crippen molar-refractivity contribution < 1.29 is 0 Å². The number of fused-ring (bicyclic) bond motifs is 1. The van der Waals surface area contributed by atoms with Gasteiger partial charge in [-0.05, 0) is 18.6 Å². The minimum atomic E-state index is 0.0207. The molecule has 1 atom stereocenters. The summed E-state index contributed by atoms with van der Waals surface area (Å²) in [6.07, 6.45) is 0.903. The van der Waals surface area contributed by atoms with Gasteiger partial charge in [-0.2, -0.15) is 0 Å². The molecule has 3 heteroatoms. The molecule has 13 heavy (non-hydrogen) atoms. The van der Waals surface area contributed by atoms with E-state index in [1.807, 2.05) is 24.3 Å². The maximum atomic E-state index is 5.86. The second-order valence-electron chi connectivity index (χ2n) is 3.15. The maximum Gasteiger partial charge on any atom is 0.124 e. The molecule has 68 valence electrons. The van der Waals surface area contributed by atoms with E-state index in [0.717, 1.165) is 23.3 Å². The van der Waals surface area contributed by atoms with Crippen molar-refractivity contribution in [2.24, 2.45) is 5.73 Å². The molecule has 0 bridgehead atoms. The fraction of sp³-hybridized carbons (Fsp3) is 0.300. The van der Waals surface area contributed by atoms with Crippen LogP contribution in [-0.2, 0) is 0 Å². The third kappa shape index (κ3) is 1.42. The molecule has 1 heterocycles. The predicted molar refractivity (Wildman–Crippen MR) is 53.3 cm³/mol. The normalized spacial score (nSPS) is 13.4. The summed E-state index contributed by atoms with van der Waals surface area (Å²) in [4.78, 5) is 7.61. The van der Waals surface area contributed by atoms with Crippen molar-refractivity contribution in [2.45, 2.75) is 19.4 Å². The van der Waals surface area contributed by atoms with Gasteiger partial charge in [0.1, 0.15) is 5.82 Å². The molecule has 0 saturated heterocycles. The third-order valence-corrected chi connectivity index (χ3v) is 2.20. The van der Waals surface area contributed by atoms with Crippen LogP contribution in [0.4, 0.5) is 0 Å². The Balaban J connectivity index is 2.49. The Morgan fingerprint density at radius 1 is 1.46 bits per heavy atom. The van der Waals surface area contributed by atoms with Crippen molar-refractivity contribution in [3.8, 4) is 0 Å². The van der Waals surface area contributed by atoms with Gasteiger partial charge < -0.3 is 10.7 Å². The molecule has 1 aromatic carbocycles. The van der Waals surface area contributed by atoms with Crippen LogP contribution >= 0.6 is 0 Å². The number of nitrogens with one attached hydrogen (secondary N) is 1. The van der Waals surface area contributed by atoms with Crippen LogP contribution in [0.3, 0.4) is 0 Å². The monoisotopic (exact) mass is 175 g/mol. The van der Waals surface area contributed by atoms with Gasteiger partial charge in [0.05, 0.1) is 17.1 Å². The van der Waals surface area contributed by atoms with Crippen molar-refractivity contribution in [1.82, 2.24) is 9.97 Å². The minimum Gasteiger partial charge on any atom is -0.341 e. The van der Waals surface area contributed by atoms with Crippen molar-refractivity contribution in [3.05, 3.63) is 30.1 Å². The first-order valence-electron chi connectivity index (χ1n) is 4.51. The quantitative estimate of drug-likeness (QED) is 0.733. The van der Waals surface area contributed by atoms with Gasteiger partial charge in [-0.1, -0.05) is 19.1 Å². The topological polar surface area (TPSA) is 54.7 Å². The summed E-state index contributed by atoms with van der Waals surface area (Å²) in [5.74, 6) is 0.878. The molecule has 2 aromatic rings. The number of hydrogen-bond donors (Lipinski definition) is 2. The Hall–Kier alpha value is -1.35. The Bertz CT molecular complexity index is 372. The maximum absolute atomic E-state index is 5.86. The summed E-state index contributed by atoms with van der Waals surface area (Å²) in [6.45, 7) is 2.05. The molecule has 3 N–H and O–H groups in total. The Kier molecular flexibility index (Phi) is 2.02. The molecule has 3 nitrogen and oxygen atoms in total. The zero-order chi connectivity index (χ0) is 9.26. The average molecular weight is 175 g/mol. The van der Waals surface area contributed by atoms with E-state index in [2.05, 4.69) is 16.9 Å². The number of H-pyrrole nitrogens is 1. The molecule has 0 saturated carbocycles. The molecule has 0 fully saturated rings. The van der Waals surface area contributed by atoms with Gasteiger partial charge in [0.15, 0.2) is 0 Å². The number of rotatable bonds is 2. The van der Waals surface area contributed by atoms with E-state index < -0.39 is 0 Å². The largest absolute Gasteiger partial charge is 0.341 e. The molecule has 0 spiro atoms. The molecule has 0 radical (unpaired) electrons. The number of aromatic amines is 1. The molecular weight excluding hydrogens is 162 g/mol. The molecular formula is C10H13N3. The summed E-state index contributed by atoms with van der Waals surface area (Å²) in [5.41, 5.74) is 7.91. The van der Waals surface area contributed by atoms with Gasteiger partial charge in [0.2, 0.25) is 0 Å². The molecule has 0 unspecified atom stereocenters. The molecule has 2 rings (SSSR count). The van der Waals surface area contributed by atoms with Crippen LogP contribution in [0.1, 0.15) is 25.2 Å². The van der Waals surface area contributed by atoms with Crippen LogP contribution in [0, 0.1) is 0 Å². The van der Waals surface area contributed by atoms with Crippen LogP contribution in [0.25, 0.3) is 11.0 Å². The average Bonchev–Trinajstić information content (AvgIpc) is 2.59. The Morgan fingerprint density at radius 2 is 2.23 bits per heavy atom. The van der Waals surface area contributed by atoms with E-state index in [0.29, 0.717) is 0 Å². The summed E-state index contributed by atoms with van der Waals surface area (Å²) >= 11 is 0. The molecule has 0 aliphatic heterocycles. The molecule has 0 aliphatic carbocycles. The van der Waals surface area contributed by atoms with Crippen molar-refractivity contribution in [3.63, 3.8) is 0 Å². The number of para-hydroxylation sites is 2. The Labute approximate surface area is 77.0 Å². The van der Waals surface area contributed by atoms with Crippen LogP contribution in [0.2, 0.25) is 0 Å². The lowest BCUT2D eigenvalue weighted by atomic mass is 10.2. The highest BCUT2D eigenvalue weighted by molar-refractivity contribution is 5.74. The number of aromatic nitrogens is 2. The standard InChI is InChI=1S/C10H13N3/c1-2-7(11)10-12-8-5-3-4-6-9(8)13-10/h3-7H,2,11H2,1H3,(H,12,13)/t7-/m0/s1. The van der Waals surface area contributed by atoms with E-state index in [4.69, 9.17) is 5.73 Å². The fourth-order valence-electron chi connectivity index (χ4n) is 1.34. The summed E-state index contributed by atoms with van der Waals surface area (Å²) in [7, 11) is 0. The number of nitrogens with zero attached hydrogens (tertiary/aromatic N) is 1. The predicted octanol–water partition coefficient (Wildman–Crippen LogP) is 1.97. The highest BCUT2D eigenvalue weighted by atomic mass is 15.0. The second kappa shape index (κ2) is 3.18. The van der Waals surface area contributed by atoms with Gasteiger partial charge in [-0.25, -0.2) is 4.98 Å². The minimum absolute atomic E-state index is 0.0207. The number of nitrogens with two attached hydrogens (primary N) is 1. The first kappa shape index (κ1) is 8.26. The van der Waals surface area contributed by atoms with Crippen molar-refractivity contribution in [1.29, 1.82) is 0 Å². The zero-order valence-corrected chi connectivity index (χ0v) is 7.62. The van der Waals surface area contributed by atoms with E-state index in [1.54, 1.807) is 0 Å². The first-order chi connectivity index (χ1) is 6.31. The summed E-state index contributed by atoms with van der Waals surface area (Å²) in [6, 6.07) is 7.98. The lowest BCUT2D eigenvalue weighted by molar-refractivity contribution is 0.660. The molecule has 0 amide bonds. The first-order valence-corrected chi connectivity index (χ1v) is 4.51. The van der Waals surface area contributed by atoms with Crippen molar-refractivity contribution in [2.75, 3.05) is 0 Å². The van der Waals surface area contributed by atoms with Crippen LogP contribution in [0.15, 0.2) is 24.3 Å². The summed E-state index contributed by atoms with van der Waals surface area (Å²) in [5, 5.41) is 0. The Morgan fingerprint density at radius 3 is 2.92 bits per heavy atom. The van der Waals surface area contributed by atoms with Crippen LogP contribution < -0.4 is 5.73 Å². The SMILES string of the molecule is CC[C@H](N)c1nc2ccccc2[nH]1. The number of hydrogen-bond acceptors (Lipinski definition) is 2. The van der Waals surface area contributed by atoms with Gasteiger partial charge >= 0.3 is 0 Å². The smallest absolute Gasteiger partial charge is 0.124 e. The van der Waals surface area contributed by atoms with Crippen LogP contribution in [0.5, 0.6) is 0 Å². The van der Waals surface area contributed by atoms with Crippen molar-refractivity contribution >= 4 is 11.0 Å². The molecule has 1 aromatic heterocycles. The third-order valence-electron chi connectivity index (χ3n) is 2.20. The highest BCUT2D eigenvalue weighted by Crippen LogP contribution is 2.15. The van der Waals surface area contributed by atoms with Gasteiger partial charge in [0, 0.05) is 0 Å². The zero-order valence-electron chi connectivity index (χ0n) is 7.62. The van der Waals surface area contributed by atoms with Gasteiger partial charge in [-0.15, -0.1) is 0 Å². The van der Waals surface area contributed by atoms with E-state index in [9.17, 15) is 0 Å². The highest BCUT2D eigenvalue weighted by Gasteiger charge is 2.07. The fourth-order valence-corrected chi connectivity index (χ4v) is 1.34. The van der Waals surface area contributed by atoms with Gasteiger partial charge in [-0.3, -0.25) is 0 Å². The van der Waals surface area contributed by atoms with E-state index in [1.165, 1.54) is 0 Å². The number of imidazole rings is 1. The van der Waals surface area contributed by atoms with E-state index >= 15 is 0 Å². The lowest BCUT2D eigenvalue weighted by Crippen LogP contribution is -2.10. The lowest BCUT2D eigenvalue weighted by Gasteiger charge is -2.02. The second-order valence-corrected chi connectivity index (χ2v) is 3.15. The number of benzene rings is 1.